The van der Waals surface area contributed by atoms with Crippen molar-refractivity contribution in [2.45, 2.75) is 25.7 Å². The van der Waals surface area contributed by atoms with Gasteiger partial charge in [0, 0.05) is 11.4 Å². The lowest BCUT2D eigenvalue weighted by atomic mass is 9.96. The molecule has 1 rings (SSSR count). The van der Waals surface area contributed by atoms with E-state index in [0.29, 0.717) is 21.5 Å². The van der Waals surface area contributed by atoms with Gasteiger partial charge in [-0.25, -0.2) is 0 Å². The molecule has 1 aromatic rings. The Balaban J connectivity index is 3.02. The summed E-state index contributed by atoms with van der Waals surface area (Å²) >= 11 is 18.0. The van der Waals surface area contributed by atoms with E-state index in [1.807, 2.05) is 6.92 Å². The molecule has 80 valence electrons. The molecule has 15 heavy (non-hydrogen) atoms. The predicted molar refractivity (Wildman–Crippen MR) is 64.7 cm³/mol. The van der Waals surface area contributed by atoms with Gasteiger partial charge in [0.15, 0.2) is 0 Å². The van der Waals surface area contributed by atoms with E-state index in [4.69, 9.17) is 40.1 Å². The molecule has 0 saturated heterocycles. The van der Waals surface area contributed by atoms with Gasteiger partial charge >= 0.3 is 0 Å². The van der Waals surface area contributed by atoms with Crippen molar-refractivity contribution in [3.05, 3.63) is 32.8 Å². The largest absolute Gasteiger partial charge is 0.198 e. The minimum absolute atomic E-state index is 0.142. The molecule has 1 unspecified atom stereocenters. The highest BCUT2D eigenvalue weighted by atomic mass is 35.5. The van der Waals surface area contributed by atoms with Gasteiger partial charge in [-0.05, 0) is 30.0 Å². The Morgan fingerprint density at radius 1 is 1.27 bits per heavy atom. The zero-order chi connectivity index (χ0) is 11.4. The van der Waals surface area contributed by atoms with Gasteiger partial charge in [-0.15, -0.1) is 0 Å². The highest BCUT2D eigenvalue weighted by molar-refractivity contribution is 6.44. The molecule has 0 heterocycles. The SMILES string of the molecule is CC(CCC#N)c1c(Cl)ccc(Cl)c1Cl. The topological polar surface area (TPSA) is 23.8 Å². The standard InChI is InChI=1S/C11H10Cl3N/c1-7(3-2-6-15)10-8(12)4-5-9(13)11(10)14/h4-5,7H,2-3H2,1H3. The fourth-order valence-corrected chi connectivity index (χ4v) is 2.33. The van der Waals surface area contributed by atoms with Crippen LogP contribution in [0.4, 0.5) is 0 Å². The fourth-order valence-electron chi connectivity index (χ4n) is 1.42. The van der Waals surface area contributed by atoms with Crippen LogP contribution < -0.4 is 0 Å². The summed E-state index contributed by atoms with van der Waals surface area (Å²) in [6, 6.07) is 5.51. The van der Waals surface area contributed by atoms with Gasteiger partial charge in [0.2, 0.25) is 0 Å². The number of hydrogen-bond donors (Lipinski definition) is 0. The van der Waals surface area contributed by atoms with Gasteiger partial charge < -0.3 is 0 Å². The van der Waals surface area contributed by atoms with E-state index in [1.54, 1.807) is 12.1 Å². The third kappa shape index (κ3) is 3.01. The minimum Gasteiger partial charge on any atom is -0.198 e. The van der Waals surface area contributed by atoms with Crippen molar-refractivity contribution in [2.24, 2.45) is 0 Å². The van der Waals surface area contributed by atoms with E-state index < -0.39 is 0 Å². The Kier molecular flexibility index (Phi) is 4.73. The molecule has 4 heteroatoms. The van der Waals surface area contributed by atoms with Crippen LogP contribution in [-0.2, 0) is 0 Å². The molecule has 0 fully saturated rings. The van der Waals surface area contributed by atoms with E-state index in [-0.39, 0.29) is 5.92 Å². The second-order valence-electron chi connectivity index (χ2n) is 3.35. The normalized spacial score (nSPS) is 12.2. The highest BCUT2D eigenvalue weighted by Gasteiger charge is 2.15. The van der Waals surface area contributed by atoms with Crippen LogP contribution in [0.1, 0.15) is 31.2 Å². The van der Waals surface area contributed by atoms with Crippen molar-refractivity contribution < 1.29 is 0 Å². The number of nitriles is 1. The maximum Gasteiger partial charge on any atom is 0.0641 e. The number of nitrogens with zero attached hydrogens (tertiary/aromatic N) is 1. The first-order valence-corrected chi connectivity index (χ1v) is 5.71. The first-order valence-electron chi connectivity index (χ1n) is 4.58. The van der Waals surface area contributed by atoms with Crippen molar-refractivity contribution >= 4 is 34.8 Å². The second kappa shape index (κ2) is 5.61. The van der Waals surface area contributed by atoms with Gasteiger partial charge in [-0.3, -0.25) is 0 Å². The van der Waals surface area contributed by atoms with Crippen LogP contribution in [-0.4, -0.2) is 0 Å². The van der Waals surface area contributed by atoms with Gasteiger partial charge in [0.25, 0.3) is 0 Å². The maximum atomic E-state index is 8.51. The summed E-state index contributed by atoms with van der Waals surface area (Å²) in [6.45, 7) is 1.99. The molecule has 0 bridgehead atoms. The van der Waals surface area contributed by atoms with Crippen LogP contribution in [0.5, 0.6) is 0 Å². The molecule has 0 saturated carbocycles. The number of halogens is 3. The molecule has 0 aliphatic carbocycles. The van der Waals surface area contributed by atoms with Crippen molar-refractivity contribution in [3.63, 3.8) is 0 Å². The summed E-state index contributed by atoms with van der Waals surface area (Å²) in [4.78, 5) is 0. The summed E-state index contributed by atoms with van der Waals surface area (Å²) in [5.74, 6) is 0.142. The van der Waals surface area contributed by atoms with Crippen LogP contribution in [0.15, 0.2) is 12.1 Å². The van der Waals surface area contributed by atoms with Crippen molar-refractivity contribution in [2.75, 3.05) is 0 Å². The zero-order valence-electron chi connectivity index (χ0n) is 8.23. The number of benzene rings is 1. The minimum atomic E-state index is 0.142. The molecule has 0 radical (unpaired) electrons. The van der Waals surface area contributed by atoms with Gasteiger partial charge in [-0.2, -0.15) is 5.26 Å². The van der Waals surface area contributed by atoms with Gasteiger partial charge in [0.1, 0.15) is 0 Å². The molecule has 0 spiro atoms. The Morgan fingerprint density at radius 3 is 2.47 bits per heavy atom. The number of rotatable bonds is 3. The molecule has 1 aromatic carbocycles. The van der Waals surface area contributed by atoms with Crippen LogP contribution in [0.2, 0.25) is 15.1 Å². The molecule has 0 aliphatic rings. The zero-order valence-corrected chi connectivity index (χ0v) is 10.5. The van der Waals surface area contributed by atoms with Crippen molar-refractivity contribution in [1.82, 2.24) is 0 Å². The van der Waals surface area contributed by atoms with E-state index in [1.165, 1.54) is 0 Å². The van der Waals surface area contributed by atoms with E-state index in [2.05, 4.69) is 6.07 Å². The van der Waals surface area contributed by atoms with Crippen LogP contribution in [0, 0.1) is 11.3 Å². The van der Waals surface area contributed by atoms with Crippen molar-refractivity contribution in [1.29, 1.82) is 5.26 Å². The number of hydrogen-bond acceptors (Lipinski definition) is 1. The molecule has 0 amide bonds. The average molecular weight is 263 g/mol. The van der Waals surface area contributed by atoms with Crippen LogP contribution in [0.25, 0.3) is 0 Å². The maximum absolute atomic E-state index is 8.51. The summed E-state index contributed by atoms with van der Waals surface area (Å²) in [7, 11) is 0. The Morgan fingerprint density at radius 2 is 1.87 bits per heavy atom. The predicted octanol–water partition coefficient (Wildman–Crippen LogP) is 5.05. The summed E-state index contributed by atoms with van der Waals surface area (Å²) in [5, 5.41) is 10.1. The first kappa shape index (κ1) is 12.6. The Bertz CT molecular complexity index is 396. The quantitative estimate of drug-likeness (QED) is 0.699. The average Bonchev–Trinajstić information content (AvgIpc) is 2.21. The summed E-state index contributed by atoms with van der Waals surface area (Å²) < 4.78 is 0. The third-order valence-corrected chi connectivity index (χ3v) is 3.41. The third-order valence-electron chi connectivity index (χ3n) is 2.26. The molecule has 1 nitrogen and oxygen atoms in total. The van der Waals surface area contributed by atoms with Gasteiger partial charge in [-0.1, -0.05) is 41.7 Å². The molecule has 0 aromatic heterocycles. The molecular weight excluding hydrogens is 252 g/mol. The van der Waals surface area contributed by atoms with Crippen LogP contribution >= 0.6 is 34.8 Å². The molecule has 0 N–H and O–H groups in total. The smallest absolute Gasteiger partial charge is 0.0641 e. The van der Waals surface area contributed by atoms with Crippen molar-refractivity contribution in [3.8, 4) is 6.07 Å². The lowest BCUT2D eigenvalue weighted by Crippen LogP contribution is -1.96. The lowest BCUT2D eigenvalue weighted by Gasteiger charge is -2.14. The fraction of sp³-hybridized carbons (Fsp3) is 0.364. The monoisotopic (exact) mass is 261 g/mol. The van der Waals surface area contributed by atoms with E-state index in [9.17, 15) is 0 Å². The Labute approximate surface area is 105 Å². The second-order valence-corrected chi connectivity index (χ2v) is 4.55. The van der Waals surface area contributed by atoms with E-state index >= 15 is 0 Å². The summed E-state index contributed by atoms with van der Waals surface area (Å²) in [6.07, 6.45) is 1.22. The first-order chi connectivity index (χ1) is 7.07. The molecular formula is C11H10Cl3N. The highest BCUT2D eigenvalue weighted by Crippen LogP contribution is 2.37. The Hall–Kier alpha value is -0.420. The summed E-state index contributed by atoms with van der Waals surface area (Å²) in [5.41, 5.74) is 0.834. The van der Waals surface area contributed by atoms with E-state index in [0.717, 1.165) is 12.0 Å². The lowest BCUT2D eigenvalue weighted by molar-refractivity contribution is 0.696. The molecule has 0 aliphatic heterocycles. The van der Waals surface area contributed by atoms with Crippen LogP contribution in [0.3, 0.4) is 0 Å². The van der Waals surface area contributed by atoms with Gasteiger partial charge in [0.05, 0.1) is 16.1 Å². The molecule has 1 atom stereocenters.